The summed E-state index contributed by atoms with van der Waals surface area (Å²) in [5.74, 6) is -0.139. The molecule has 1 aliphatic rings. The van der Waals surface area contributed by atoms with Gasteiger partial charge in [0.05, 0.1) is 19.2 Å². The van der Waals surface area contributed by atoms with E-state index in [1.54, 1.807) is 24.3 Å². The van der Waals surface area contributed by atoms with E-state index in [0.717, 1.165) is 36.4 Å². The van der Waals surface area contributed by atoms with E-state index in [0.29, 0.717) is 16.9 Å². The molecule has 29 heavy (non-hydrogen) atoms. The first-order valence-electron chi connectivity index (χ1n) is 9.02. The van der Waals surface area contributed by atoms with Gasteiger partial charge in [0.25, 0.3) is 0 Å². The van der Waals surface area contributed by atoms with Crippen LogP contribution in [0.1, 0.15) is 21.5 Å². The first kappa shape index (κ1) is 19.9. The first-order chi connectivity index (χ1) is 14.0. The zero-order chi connectivity index (χ0) is 20.6. The molecular formula is C22H21N3O4. The van der Waals surface area contributed by atoms with E-state index >= 15 is 0 Å². The Balaban J connectivity index is 1.77. The number of rotatable bonds is 7. The molecule has 0 aliphatic carbocycles. The number of hydrogen-bond acceptors (Lipinski definition) is 6. The number of guanidine groups is 1. The van der Waals surface area contributed by atoms with Gasteiger partial charge in [0.2, 0.25) is 0 Å². The number of nitrogens with zero attached hydrogens (tertiary/aromatic N) is 1. The quantitative estimate of drug-likeness (QED) is 0.495. The normalized spacial score (nSPS) is 13.3. The summed E-state index contributed by atoms with van der Waals surface area (Å²) in [4.78, 5) is 27.7. The van der Waals surface area contributed by atoms with Crippen LogP contribution in [0.15, 0.2) is 59.6 Å². The smallest absolute Gasteiger partial charge is 0.328 e. The number of ether oxygens (including phenoxy) is 1. The number of nitrogens with one attached hydrogen (secondary N) is 2. The Morgan fingerprint density at radius 1 is 1.14 bits per heavy atom. The van der Waals surface area contributed by atoms with Gasteiger partial charge >= 0.3 is 5.97 Å². The van der Waals surface area contributed by atoms with Crippen molar-refractivity contribution in [3.05, 3.63) is 71.3 Å². The van der Waals surface area contributed by atoms with Gasteiger partial charge in [0.1, 0.15) is 5.75 Å². The predicted octanol–water partition coefficient (Wildman–Crippen LogP) is 3.06. The molecule has 2 aromatic rings. The fourth-order valence-corrected chi connectivity index (χ4v) is 2.79. The molecule has 0 saturated carbocycles. The Bertz CT molecular complexity index is 1010. The van der Waals surface area contributed by atoms with Crippen molar-refractivity contribution >= 4 is 35.6 Å². The summed E-state index contributed by atoms with van der Waals surface area (Å²) < 4.78 is 5.27. The van der Waals surface area contributed by atoms with Crippen LogP contribution >= 0.6 is 0 Å². The molecule has 3 N–H and O–H groups in total. The van der Waals surface area contributed by atoms with E-state index in [1.807, 2.05) is 24.3 Å². The number of aliphatic imine (C=N–C) groups is 1. The zero-order valence-electron chi connectivity index (χ0n) is 15.9. The molecule has 0 amide bonds. The number of allylic oxidation sites excluding steroid dienone is 1. The largest absolute Gasteiger partial charge is 0.496 e. The number of carboxylic acid groups (broad SMARTS) is 1. The van der Waals surface area contributed by atoms with E-state index in [4.69, 9.17) is 9.84 Å². The van der Waals surface area contributed by atoms with Gasteiger partial charge in [-0.05, 0) is 47.5 Å². The van der Waals surface area contributed by atoms with Gasteiger partial charge in [0.15, 0.2) is 11.7 Å². The lowest BCUT2D eigenvalue weighted by Gasteiger charge is -2.08. The van der Waals surface area contributed by atoms with Gasteiger partial charge in [-0.3, -0.25) is 9.79 Å². The molecule has 2 aromatic carbocycles. The van der Waals surface area contributed by atoms with Gasteiger partial charge in [0, 0.05) is 18.3 Å². The Hall–Kier alpha value is -3.87. The number of carbonyl (C=O) groups excluding carboxylic acids is 1. The van der Waals surface area contributed by atoms with Crippen LogP contribution in [0.4, 0.5) is 5.69 Å². The fourth-order valence-electron chi connectivity index (χ4n) is 2.79. The molecule has 0 saturated heterocycles. The van der Waals surface area contributed by atoms with Crippen LogP contribution in [0.25, 0.3) is 12.2 Å². The summed E-state index contributed by atoms with van der Waals surface area (Å²) >= 11 is 0. The van der Waals surface area contributed by atoms with E-state index in [1.165, 1.54) is 19.3 Å². The lowest BCUT2D eigenvalue weighted by atomic mass is 10.0. The average Bonchev–Trinajstić information content (AvgIpc) is 3.23. The Morgan fingerprint density at radius 2 is 1.93 bits per heavy atom. The minimum absolute atomic E-state index is 0.243. The molecule has 0 atom stereocenters. The summed E-state index contributed by atoms with van der Waals surface area (Å²) in [5, 5.41) is 15.1. The van der Waals surface area contributed by atoms with Crippen molar-refractivity contribution in [3.8, 4) is 5.75 Å². The summed E-state index contributed by atoms with van der Waals surface area (Å²) in [6, 6.07) is 12.5. The molecule has 0 fully saturated rings. The molecule has 0 unspecified atom stereocenters. The maximum Gasteiger partial charge on any atom is 0.328 e. The van der Waals surface area contributed by atoms with Crippen LogP contribution in [-0.4, -0.2) is 43.0 Å². The summed E-state index contributed by atoms with van der Waals surface area (Å²) in [5.41, 5.74) is 2.67. The second kappa shape index (κ2) is 9.36. The van der Waals surface area contributed by atoms with Crippen molar-refractivity contribution in [1.82, 2.24) is 5.32 Å². The molecule has 148 valence electrons. The number of methoxy groups -OCH3 is 1. The number of carbonyl (C=O) groups is 2. The molecule has 3 rings (SSSR count). The molecule has 0 radical (unpaired) electrons. The second-order valence-electron chi connectivity index (χ2n) is 6.24. The Labute approximate surface area is 168 Å². The molecule has 1 heterocycles. The highest BCUT2D eigenvalue weighted by molar-refractivity contribution is 6.09. The molecule has 1 aliphatic heterocycles. The van der Waals surface area contributed by atoms with Crippen LogP contribution in [0, 0.1) is 0 Å². The van der Waals surface area contributed by atoms with Gasteiger partial charge < -0.3 is 20.5 Å². The lowest BCUT2D eigenvalue weighted by Crippen LogP contribution is -2.26. The van der Waals surface area contributed by atoms with E-state index in [-0.39, 0.29) is 5.78 Å². The SMILES string of the molecule is COc1ccc(C=CC(=O)O)cc1C(=O)C=Cc1cccc(NC2=NCCN2)c1. The Morgan fingerprint density at radius 3 is 2.66 bits per heavy atom. The third-order valence-corrected chi connectivity index (χ3v) is 4.16. The third-order valence-electron chi connectivity index (χ3n) is 4.16. The molecule has 7 nitrogen and oxygen atoms in total. The summed E-state index contributed by atoms with van der Waals surface area (Å²) in [7, 11) is 1.48. The van der Waals surface area contributed by atoms with Crippen molar-refractivity contribution < 1.29 is 19.4 Å². The first-order valence-corrected chi connectivity index (χ1v) is 9.02. The molecule has 0 spiro atoms. The van der Waals surface area contributed by atoms with Crippen LogP contribution in [-0.2, 0) is 4.79 Å². The van der Waals surface area contributed by atoms with Crippen LogP contribution in [0.5, 0.6) is 5.75 Å². The van der Waals surface area contributed by atoms with Crippen LogP contribution < -0.4 is 15.4 Å². The highest BCUT2D eigenvalue weighted by atomic mass is 16.5. The number of hydrogen-bond donors (Lipinski definition) is 3. The minimum Gasteiger partial charge on any atom is -0.496 e. The van der Waals surface area contributed by atoms with Crippen molar-refractivity contribution in [3.63, 3.8) is 0 Å². The van der Waals surface area contributed by atoms with E-state index in [9.17, 15) is 9.59 Å². The summed E-state index contributed by atoms with van der Waals surface area (Å²) in [6.07, 6.45) is 5.63. The Kier molecular flexibility index (Phi) is 6.42. The number of benzene rings is 2. The molecular weight excluding hydrogens is 370 g/mol. The predicted molar refractivity (Wildman–Crippen MR) is 113 cm³/mol. The summed E-state index contributed by atoms with van der Waals surface area (Å²) in [6.45, 7) is 1.57. The molecule has 0 aromatic heterocycles. The van der Waals surface area contributed by atoms with Crippen LogP contribution in [0.2, 0.25) is 0 Å². The van der Waals surface area contributed by atoms with Crippen molar-refractivity contribution in [2.45, 2.75) is 0 Å². The van der Waals surface area contributed by atoms with Crippen LogP contribution in [0.3, 0.4) is 0 Å². The third kappa shape index (κ3) is 5.55. The monoisotopic (exact) mass is 391 g/mol. The van der Waals surface area contributed by atoms with Gasteiger partial charge in [-0.1, -0.05) is 24.3 Å². The van der Waals surface area contributed by atoms with Gasteiger partial charge in [-0.25, -0.2) is 4.79 Å². The number of ketones is 1. The lowest BCUT2D eigenvalue weighted by molar-refractivity contribution is -0.131. The number of anilines is 1. The fraction of sp³-hybridized carbons (Fsp3) is 0.136. The van der Waals surface area contributed by atoms with E-state index < -0.39 is 5.97 Å². The highest BCUT2D eigenvalue weighted by Gasteiger charge is 2.10. The van der Waals surface area contributed by atoms with Gasteiger partial charge in [-0.15, -0.1) is 0 Å². The number of carboxylic acids is 1. The van der Waals surface area contributed by atoms with E-state index in [2.05, 4.69) is 15.6 Å². The van der Waals surface area contributed by atoms with Crippen molar-refractivity contribution in [1.29, 1.82) is 0 Å². The average molecular weight is 391 g/mol. The maximum absolute atomic E-state index is 12.7. The van der Waals surface area contributed by atoms with Gasteiger partial charge in [-0.2, -0.15) is 0 Å². The van der Waals surface area contributed by atoms with Crippen molar-refractivity contribution in [2.24, 2.45) is 4.99 Å². The zero-order valence-corrected chi connectivity index (χ0v) is 15.9. The van der Waals surface area contributed by atoms with Crippen molar-refractivity contribution in [2.75, 3.05) is 25.5 Å². The molecule has 0 bridgehead atoms. The molecule has 7 heteroatoms. The highest BCUT2D eigenvalue weighted by Crippen LogP contribution is 2.22. The maximum atomic E-state index is 12.7. The topological polar surface area (TPSA) is 100 Å². The second-order valence-corrected chi connectivity index (χ2v) is 6.24. The minimum atomic E-state index is -1.05. The standard InChI is InChI=1S/C22H21N3O4/c1-29-20-9-6-16(7-10-21(27)28)14-18(20)19(26)8-5-15-3-2-4-17(13-15)25-22-23-11-12-24-22/h2-10,13-14H,11-12H2,1H3,(H,27,28)(H2,23,24,25). The number of aliphatic carboxylic acids is 1.